The number of carbonyl (C=O) groups excluding carboxylic acids is 2. The molecule has 2 atom stereocenters. The summed E-state index contributed by atoms with van der Waals surface area (Å²) in [5.41, 5.74) is 0. The number of aliphatic hydroxyl groups excluding tert-OH is 2. The van der Waals surface area contributed by atoms with E-state index in [1.54, 1.807) is 6.08 Å². The Balaban J connectivity index is 3.54. The molecule has 0 rings (SSSR count). The average molecular weight is 941 g/mol. The van der Waals surface area contributed by atoms with Crippen LogP contribution >= 0.6 is 0 Å². The van der Waals surface area contributed by atoms with Crippen LogP contribution in [0.25, 0.3) is 0 Å². The molecule has 392 valence electrons. The molecule has 0 saturated carbocycles. The van der Waals surface area contributed by atoms with Gasteiger partial charge in [0.1, 0.15) is 0 Å². The molecular weight excluding hydrogens is 827 g/mol. The van der Waals surface area contributed by atoms with Crippen LogP contribution in [0.3, 0.4) is 0 Å². The van der Waals surface area contributed by atoms with Crippen LogP contribution in [0.2, 0.25) is 0 Å². The topological polar surface area (TPSA) is 95.9 Å². The Kier molecular flexibility index (Phi) is 54.6. The first kappa shape index (κ1) is 64.8. The minimum atomic E-state index is -0.857. The lowest BCUT2D eigenvalue weighted by Crippen LogP contribution is -2.45. The first-order valence-corrected chi connectivity index (χ1v) is 29.4. The molecular formula is C61H113NO5. The van der Waals surface area contributed by atoms with Crippen LogP contribution in [-0.2, 0) is 14.3 Å². The summed E-state index contributed by atoms with van der Waals surface area (Å²) in [7, 11) is 0. The van der Waals surface area contributed by atoms with Crippen molar-refractivity contribution in [2.75, 3.05) is 13.2 Å². The number of nitrogens with one attached hydrogen (secondary N) is 1. The van der Waals surface area contributed by atoms with Gasteiger partial charge in [-0.2, -0.15) is 0 Å². The zero-order chi connectivity index (χ0) is 48.6. The molecule has 0 fully saturated rings. The fourth-order valence-electron chi connectivity index (χ4n) is 8.76. The molecule has 0 aromatic rings. The molecule has 0 radical (unpaired) electrons. The molecule has 3 N–H and O–H groups in total. The zero-order valence-electron chi connectivity index (χ0n) is 44.6. The molecule has 0 saturated heterocycles. The van der Waals surface area contributed by atoms with Crippen LogP contribution in [0.1, 0.15) is 303 Å². The highest BCUT2D eigenvalue weighted by atomic mass is 16.5. The normalized spacial score (nSPS) is 13.0. The quantitative estimate of drug-likeness (QED) is 0.0321. The molecule has 0 aliphatic heterocycles. The third-order valence-electron chi connectivity index (χ3n) is 13.3. The largest absolute Gasteiger partial charge is 0.466 e. The number of ether oxygens (including phenoxy) is 1. The minimum Gasteiger partial charge on any atom is -0.466 e. The fourth-order valence-corrected chi connectivity index (χ4v) is 8.76. The van der Waals surface area contributed by atoms with Gasteiger partial charge in [-0.15, -0.1) is 0 Å². The third kappa shape index (κ3) is 53.0. The van der Waals surface area contributed by atoms with Gasteiger partial charge < -0.3 is 20.3 Å². The molecule has 0 aliphatic rings. The van der Waals surface area contributed by atoms with E-state index in [2.05, 4.69) is 55.6 Å². The van der Waals surface area contributed by atoms with Crippen molar-refractivity contribution in [3.05, 3.63) is 48.6 Å². The number of allylic oxidation sites excluding steroid dienone is 7. The summed E-state index contributed by atoms with van der Waals surface area (Å²) in [6, 6.07) is -0.642. The van der Waals surface area contributed by atoms with E-state index < -0.39 is 12.1 Å². The fraction of sp³-hybridized carbons (Fsp3) is 0.836. The SMILES string of the molecule is CCCC/C=C\CCCCCCCC(=O)OCCCCC/C=C\C/C=C\CCCCCCCCCC(=O)NC(CO)C(O)/C=C/CCCCCCCCCCCCCCCCCCCCCC. The molecule has 0 aliphatic carbocycles. The van der Waals surface area contributed by atoms with Crippen LogP contribution in [0, 0.1) is 0 Å². The summed E-state index contributed by atoms with van der Waals surface area (Å²) in [6.07, 6.45) is 71.4. The predicted octanol–water partition coefficient (Wildman–Crippen LogP) is 18.2. The smallest absolute Gasteiger partial charge is 0.305 e. The molecule has 0 spiro atoms. The third-order valence-corrected chi connectivity index (χ3v) is 13.3. The standard InChI is InChI=1S/C61H113NO5/c1-3-5-7-9-11-13-15-16-17-18-19-20-21-22-24-27-30-34-37-41-45-49-53-59(64)58(57-63)62-60(65)54-50-46-42-38-35-31-28-25-23-26-29-32-36-40-44-48-52-56-67-61(66)55-51-47-43-39-33-14-12-10-8-6-4-2/h10,12,23,26,32,36,49,53,58-59,63-64H,3-9,11,13-22,24-25,27-31,33-35,37-48,50-52,54-57H2,1-2H3,(H,62,65)/b12-10-,26-23-,36-32-,53-49+. The molecule has 6 nitrogen and oxygen atoms in total. The van der Waals surface area contributed by atoms with Gasteiger partial charge in [0.2, 0.25) is 5.91 Å². The summed E-state index contributed by atoms with van der Waals surface area (Å²) in [6.45, 7) is 4.83. The second-order valence-electron chi connectivity index (χ2n) is 20.0. The highest BCUT2D eigenvalue weighted by Gasteiger charge is 2.18. The summed E-state index contributed by atoms with van der Waals surface area (Å²) in [5, 5.41) is 23.2. The molecule has 6 heteroatoms. The molecule has 1 amide bonds. The number of aliphatic hydroxyl groups is 2. The number of esters is 1. The van der Waals surface area contributed by atoms with Crippen LogP contribution in [0.15, 0.2) is 48.6 Å². The summed E-state index contributed by atoms with van der Waals surface area (Å²) >= 11 is 0. The maximum atomic E-state index is 12.5. The van der Waals surface area contributed by atoms with E-state index in [1.807, 2.05) is 6.08 Å². The molecule has 0 heterocycles. The summed E-state index contributed by atoms with van der Waals surface area (Å²) in [5.74, 6) is -0.111. The monoisotopic (exact) mass is 940 g/mol. The molecule has 2 unspecified atom stereocenters. The van der Waals surface area contributed by atoms with Gasteiger partial charge in [-0.1, -0.05) is 249 Å². The van der Waals surface area contributed by atoms with E-state index in [4.69, 9.17) is 4.74 Å². The van der Waals surface area contributed by atoms with Gasteiger partial charge in [-0.3, -0.25) is 9.59 Å². The Morgan fingerprint density at radius 3 is 1.19 bits per heavy atom. The second-order valence-corrected chi connectivity index (χ2v) is 20.0. The van der Waals surface area contributed by atoms with Crippen molar-refractivity contribution in [2.24, 2.45) is 0 Å². The van der Waals surface area contributed by atoms with Crippen molar-refractivity contribution < 1.29 is 24.5 Å². The van der Waals surface area contributed by atoms with Crippen LogP contribution < -0.4 is 5.32 Å². The van der Waals surface area contributed by atoms with Crippen LogP contribution in [0.4, 0.5) is 0 Å². The molecule has 67 heavy (non-hydrogen) atoms. The Hall–Kier alpha value is -2.18. The number of rotatable bonds is 54. The van der Waals surface area contributed by atoms with Crippen LogP contribution in [0.5, 0.6) is 0 Å². The number of carbonyl (C=O) groups is 2. The Morgan fingerprint density at radius 1 is 0.418 bits per heavy atom. The summed E-state index contributed by atoms with van der Waals surface area (Å²) in [4.78, 5) is 24.5. The van der Waals surface area contributed by atoms with Crippen molar-refractivity contribution in [3.63, 3.8) is 0 Å². The predicted molar refractivity (Wildman–Crippen MR) is 292 cm³/mol. The highest BCUT2D eigenvalue weighted by Crippen LogP contribution is 2.16. The van der Waals surface area contributed by atoms with Gasteiger partial charge in [-0.05, 0) is 89.9 Å². The lowest BCUT2D eigenvalue weighted by atomic mass is 10.0. The highest BCUT2D eigenvalue weighted by molar-refractivity contribution is 5.76. The Labute approximate surface area is 416 Å². The van der Waals surface area contributed by atoms with Crippen molar-refractivity contribution in [1.82, 2.24) is 5.32 Å². The Bertz CT molecular complexity index is 1130. The maximum absolute atomic E-state index is 12.5. The molecule has 0 bridgehead atoms. The Morgan fingerprint density at radius 2 is 0.761 bits per heavy atom. The number of hydrogen-bond acceptors (Lipinski definition) is 5. The van der Waals surface area contributed by atoms with E-state index in [1.165, 1.54) is 193 Å². The lowest BCUT2D eigenvalue weighted by Gasteiger charge is -2.20. The first-order chi connectivity index (χ1) is 33.0. The van der Waals surface area contributed by atoms with Gasteiger partial charge in [0, 0.05) is 12.8 Å². The maximum Gasteiger partial charge on any atom is 0.305 e. The van der Waals surface area contributed by atoms with Gasteiger partial charge in [0.25, 0.3) is 0 Å². The van der Waals surface area contributed by atoms with E-state index in [9.17, 15) is 19.8 Å². The average Bonchev–Trinajstić information content (AvgIpc) is 3.33. The lowest BCUT2D eigenvalue weighted by molar-refractivity contribution is -0.143. The van der Waals surface area contributed by atoms with E-state index in [-0.39, 0.29) is 18.5 Å². The van der Waals surface area contributed by atoms with E-state index in [0.717, 1.165) is 83.5 Å². The van der Waals surface area contributed by atoms with Crippen molar-refractivity contribution >= 4 is 11.9 Å². The van der Waals surface area contributed by atoms with Gasteiger partial charge in [0.15, 0.2) is 0 Å². The number of hydrogen-bond donors (Lipinski definition) is 3. The summed E-state index contributed by atoms with van der Waals surface area (Å²) < 4.78 is 5.43. The van der Waals surface area contributed by atoms with Crippen molar-refractivity contribution in [2.45, 2.75) is 315 Å². The minimum absolute atomic E-state index is 0.0278. The second kappa shape index (κ2) is 56.4. The van der Waals surface area contributed by atoms with E-state index >= 15 is 0 Å². The van der Waals surface area contributed by atoms with Crippen molar-refractivity contribution in [3.8, 4) is 0 Å². The first-order valence-electron chi connectivity index (χ1n) is 29.4. The van der Waals surface area contributed by atoms with Gasteiger partial charge >= 0.3 is 5.97 Å². The van der Waals surface area contributed by atoms with Gasteiger partial charge in [0.05, 0.1) is 25.4 Å². The number of amides is 1. The van der Waals surface area contributed by atoms with E-state index in [0.29, 0.717) is 19.4 Å². The number of unbranched alkanes of at least 4 members (excludes halogenated alkanes) is 37. The van der Waals surface area contributed by atoms with Crippen molar-refractivity contribution in [1.29, 1.82) is 0 Å². The van der Waals surface area contributed by atoms with Crippen LogP contribution in [-0.4, -0.2) is 47.4 Å². The molecule has 0 aromatic carbocycles. The van der Waals surface area contributed by atoms with Gasteiger partial charge in [-0.25, -0.2) is 0 Å². The molecule has 0 aromatic heterocycles. The zero-order valence-corrected chi connectivity index (χ0v) is 44.6.